The number of hydrogen-bond acceptors (Lipinski definition) is 3. The first kappa shape index (κ1) is 19.9. The highest BCUT2D eigenvalue weighted by Gasteiger charge is 2.39. The number of rotatable bonds is 6. The van der Waals surface area contributed by atoms with Crippen LogP contribution >= 0.6 is 0 Å². The minimum atomic E-state index is -0.577. The van der Waals surface area contributed by atoms with Crippen LogP contribution < -0.4 is 10.1 Å². The van der Waals surface area contributed by atoms with Crippen molar-refractivity contribution in [2.75, 3.05) is 19.7 Å². The number of benzene rings is 2. The maximum Gasteiger partial charge on any atom is 0.260 e. The molecule has 0 radical (unpaired) electrons. The molecule has 28 heavy (non-hydrogen) atoms. The van der Waals surface area contributed by atoms with Crippen LogP contribution in [0.5, 0.6) is 5.75 Å². The number of likely N-dealkylation sites (tertiary alicyclic amines) is 1. The van der Waals surface area contributed by atoms with E-state index in [1.165, 1.54) is 0 Å². The number of ether oxygens (including phenoxy) is 1. The number of aryl methyl sites for hydroxylation is 1. The van der Waals surface area contributed by atoms with Crippen molar-refractivity contribution in [3.8, 4) is 5.75 Å². The normalized spacial score (nSPS) is 19.1. The van der Waals surface area contributed by atoms with Gasteiger partial charge in [0.15, 0.2) is 6.61 Å². The summed E-state index contributed by atoms with van der Waals surface area (Å²) in [6.07, 6.45) is 1.58. The summed E-state index contributed by atoms with van der Waals surface area (Å²) in [5.41, 5.74) is 1.58. The van der Waals surface area contributed by atoms with Gasteiger partial charge in [0.1, 0.15) is 5.75 Å². The van der Waals surface area contributed by atoms with Gasteiger partial charge < -0.3 is 15.0 Å². The highest BCUT2D eigenvalue weighted by atomic mass is 16.5. The Morgan fingerprint density at radius 3 is 2.68 bits per heavy atom. The molecule has 1 heterocycles. The summed E-state index contributed by atoms with van der Waals surface area (Å²) >= 11 is 0. The molecular formula is C23H28N2O3. The van der Waals surface area contributed by atoms with Crippen molar-refractivity contribution in [3.63, 3.8) is 0 Å². The van der Waals surface area contributed by atoms with Crippen LogP contribution in [0.3, 0.4) is 0 Å². The van der Waals surface area contributed by atoms with Gasteiger partial charge in [-0.1, -0.05) is 42.5 Å². The number of amides is 2. The lowest BCUT2D eigenvalue weighted by Gasteiger charge is -2.39. The molecule has 2 amide bonds. The topological polar surface area (TPSA) is 58.6 Å². The molecule has 0 saturated carbocycles. The molecule has 5 nitrogen and oxygen atoms in total. The lowest BCUT2D eigenvalue weighted by molar-refractivity contribution is -0.142. The third kappa shape index (κ3) is 5.12. The van der Waals surface area contributed by atoms with E-state index in [-0.39, 0.29) is 18.4 Å². The molecule has 2 aromatic carbocycles. The highest BCUT2D eigenvalue weighted by molar-refractivity contribution is 5.84. The van der Waals surface area contributed by atoms with Crippen LogP contribution in [0.15, 0.2) is 54.6 Å². The largest absolute Gasteiger partial charge is 0.484 e. The van der Waals surface area contributed by atoms with Crippen LogP contribution in [-0.4, -0.2) is 36.4 Å². The average molecular weight is 380 g/mol. The number of carbonyl (C=O) groups is 2. The quantitative estimate of drug-likeness (QED) is 0.836. The first-order chi connectivity index (χ1) is 13.5. The van der Waals surface area contributed by atoms with Crippen LogP contribution in [0.1, 0.15) is 30.9 Å². The Balaban J connectivity index is 1.54. The molecule has 0 unspecified atom stereocenters. The predicted molar refractivity (Wildman–Crippen MR) is 109 cm³/mol. The van der Waals surface area contributed by atoms with Gasteiger partial charge in [-0.25, -0.2) is 0 Å². The van der Waals surface area contributed by atoms with Crippen LogP contribution in [-0.2, 0) is 16.1 Å². The lowest BCUT2D eigenvalue weighted by Crippen LogP contribution is -2.52. The zero-order valence-corrected chi connectivity index (χ0v) is 16.6. The van der Waals surface area contributed by atoms with Crippen molar-refractivity contribution in [1.29, 1.82) is 0 Å². The summed E-state index contributed by atoms with van der Waals surface area (Å²) in [5, 5.41) is 3.02. The first-order valence-corrected chi connectivity index (χ1v) is 9.76. The number of nitrogens with zero attached hydrogens (tertiary/aromatic N) is 1. The fraction of sp³-hybridized carbons (Fsp3) is 0.391. The number of nitrogens with one attached hydrogen (secondary N) is 1. The molecule has 148 valence electrons. The van der Waals surface area contributed by atoms with E-state index in [2.05, 4.69) is 5.32 Å². The maximum atomic E-state index is 12.8. The second-order valence-corrected chi connectivity index (χ2v) is 7.75. The lowest BCUT2D eigenvalue weighted by atomic mass is 9.81. The van der Waals surface area contributed by atoms with Gasteiger partial charge in [-0.2, -0.15) is 0 Å². The molecule has 2 aromatic rings. The zero-order valence-electron chi connectivity index (χ0n) is 16.6. The summed E-state index contributed by atoms with van der Waals surface area (Å²) in [6.45, 7) is 5.50. The standard InChI is InChI=1S/C23H28N2O3/c1-18-8-6-11-20(14-18)28-16-21(26)25-13-7-12-23(2,17-25)22(27)24-15-19-9-4-3-5-10-19/h3-6,8-11,14H,7,12-13,15-17H2,1-2H3,(H,24,27)/t23-/m1/s1. The Kier molecular flexibility index (Phi) is 6.34. The van der Waals surface area contributed by atoms with E-state index in [4.69, 9.17) is 4.74 Å². The summed E-state index contributed by atoms with van der Waals surface area (Å²) in [6, 6.07) is 17.5. The Labute approximate surface area is 166 Å². The van der Waals surface area contributed by atoms with Gasteiger partial charge >= 0.3 is 0 Å². The van der Waals surface area contributed by atoms with Gasteiger partial charge in [0.05, 0.1) is 5.41 Å². The van der Waals surface area contributed by atoms with E-state index >= 15 is 0 Å². The summed E-state index contributed by atoms with van der Waals surface area (Å²) in [5.74, 6) is 0.602. The number of hydrogen-bond donors (Lipinski definition) is 1. The molecule has 1 aliphatic rings. The molecule has 3 rings (SSSR count). The molecule has 5 heteroatoms. The molecular weight excluding hydrogens is 352 g/mol. The van der Waals surface area contributed by atoms with Gasteiger partial charge in [-0.15, -0.1) is 0 Å². The van der Waals surface area contributed by atoms with E-state index in [1.54, 1.807) is 4.90 Å². The van der Waals surface area contributed by atoms with Crippen molar-refractivity contribution in [3.05, 3.63) is 65.7 Å². The van der Waals surface area contributed by atoms with Crippen LogP contribution in [0.4, 0.5) is 0 Å². The van der Waals surface area contributed by atoms with Gasteiger partial charge in [0, 0.05) is 19.6 Å². The maximum absolute atomic E-state index is 12.8. The van der Waals surface area contributed by atoms with Crippen molar-refractivity contribution in [2.24, 2.45) is 5.41 Å². The monoisotopic (exact) mass is 380 g/mol. The second-order valence-electron chi connectivity index (χ2n) is 7.75. The van der Waals surface area contributed by atoms with E-state index in [0.717, 1.165) is 24.0 Å². The molecule has 0 bridgehead atoms. The summed E-state index contributed by atoms with van der Waals surface area (Å²) in [4.78, 5) is 27.2. The van der Waals surface area contributed by atoms with Gasteiger partial charge in [-0.3, -0.25) is 9.59 Å². The molecule has 1 atom stereocenters. The van der Waals surface area contributed by atoms with Crippen LogP contribution in [0.2, 0.25) is 0 Å². The fourth-order valence-corrected chi connectivity index (χ4v) is 3.57. The second kappa shape index (κ2) is 8.91. The van der Waals surface area contributed by atoms with E-state index in [9.17, 15) is 9.59 Å². The Bertz CT molecular complexity index is 822. The van der Waals surface area contributed by atoms with Gasteiger partial charge in [-0.05, 0) is 49.9 Å². The van der Waals surface area contributed by atoms with Gasteiger partial charge in [0.2, 0.25) is 5.91 Å². The average Bonchev–Trinajstić information content (AvgIpc) is 2.71. The van der Waals surface area contributed by atoms with Gasteiger partial charge in [0.25, 0.3) is 5.91 Å². The molecule has 0 spiro atoms. The minimum absolute atomic E-state index is 0.00606. The molecule has 1 N–H and O–H groups in total. The van der Waals surface area contributed by atoms with E-state index in [0.29, 0.717) is 25.4 Å². The SMILES string of the molecule is Cc1cccc(OCC(=O)N2CCC[C@@](C)(C(=O)NCc3ccccc3)C2)c1. The van der Waals surface area contributed by atoms with Crippen LogP contribution in [0.25, 0.3) is 0 Å². The molecule has 1 aliphatic heterocycles. The molecule has 0 aliphatic carbocycles. The zero-order chi connectivity index (χ0) is 20.0. The summed E-state index contributed by atoms with van der Waals surface area (Å²) < 4.78 is 5.64. The first-order valence-electron chi connectivity index (χ1n) is 9.76. The van der Waals surface area contributed by atoms with Crippen LogP contribution in [0, 0.1) is 12.3 Å². The molecule has 1 fully saturated rings. The summed E-state index contributed by atoms with van der Waals surface area (Å²) in [7, 11) is 0. The number of piperidine rings is 1. The van der Waals surface area contributed by atoms with E-state index in [1.807, 2.05) is 68.4 Å². The molecule has 0 aromatic heterocycles. The molecule has 1 saturated heterocycles. The third-order valence-electron chi connectivity index (χ3n) is 5.25. The third-order valence-corrected chi connectivity index (χ3v) is 5.25. The smallest absolute Gasteiger partial charge is 0.260 e. The Morgan fingerprint density at radius 1 is 1.14 bits per heavy atom. The minimum Gasteiger partial charge on any atom is -0.484 e. The van der Waals surface area contributed by atoms with Crippen molar-refractivity contribution in [1.82, 2.24) is 10.2 Å². The number of carbonyl (C=O) groups excluding carboxylic acids is 2. The Morgan fingerprint density at radius 2 is 1.93 bits per heavy atom. The predicted octanol–water partition coefficient (Wildman–Crippen LogP) is 3.32. The Hall–Kier alpha value is -2.82. The van der Waals surface area contributed by atoms with E-state index < -0.39 is 5.41 Å². The van der Waals surface area contributed by atoms with Crippen molar-refractivity contribution in [2.45, 2.75) is 33.2 Å². The highest BCUT2D eigenvalue weighted by Crippen LogP contribution is 2.30. The fourth-order valence-electron chi connectivity index (χ4n) is 3.57. The van der Waals surface area contributed by atoms with Crippen molar-refractivity contribution >= 4 is 11.8 Å². The van der Waals surface area contributed by atoms with Crippen molar-refractivity contribution < 1.29 is 14.3 Å².